The number of thiol groups is 1. The minimum Gasteiger partial charge on any atom is -0.351 e. The van der Waals surface area contributed by atoms with E-state index >= 15 is 0 Å². The zero-order valence-corrected chi connectivity index (χ0v) is 10.1. The van der Waals surface area contributed by atoms with Gasteiger partial charge >= 0.3 is 0 Å². The minimum absolute atomic E-state index is 0.0728. The number of hydrogen-bond acceptors (Lipinski definition) is 3. The smallest absolute Gasteiger partial charge is 0.233 e. The fourth-order valence-electron chi connectivity index (χ4n) is 1.64. The molecule has 2 atom stereocenters. The van der Waals surface area contributed by atoms with Crippen LogP contribution in [0.25, 0.3) is 0 Å². The number of likely N-dealkylation sites (tertiary alicyclic amines) is 1. The molecule has 0 radical (unpaired) electrons. The van der Waals surface area contributed by atoms with Gasteiger partial charge in [0.25, 0.3) is 0 Å². The number of amides is 1. The van der Waals surface area contributed by atoms with Gasteiger partial charge < -0.3 is 10.2 Å². The molecule has 0 bridgehead atoms. The second-order valence-corrected chi connectivity index (χ2v) is 5.00. The van der Waals surface area contributed by atoms with Crippen LogP contribution in [0.3, 0.4) is 0 Å². The van der Waals surface area contributed by atoms with Crippen LogP contribution in [0.5, 0.6) is 0 Å². The Kier molecular flexibility index (Phi) is 4.26. The predicted molar refractivity (Wildman–Crippen MR) is 61.7 cm³/mol. The van der Waals surface area contributed by atoms with Gasteiger partial charge in [-0.15, -0.1) is 0 Å². The summed E-state index contributed by atoms with van der Waals surface area (Å²) in [6.45, 7) is 6.06. The SMILES string of the molecule is CC(C)C(S)C(=O)NC1CCN(C)C1. The van der Waals surface area contributed by atoms with E-state index in [4.69, 9.17) is 0 Å². The maximum atomic E-state index is 11.6. The molecular weight excluding hydrogens is 196 g/mol. The Bertz CT molecular complexity index is 208. The van der Waals surface area contributed by atoms with Gasteiger partial charge in [-0.25, -0.2) is 0 Å². The molecule has 82 valence electrons. The summed E-state index contributed by atoms with van der Waals surface area (Å²) >= 11 is 4.29. The van der Waals surface area contributed by atoms with Crippen LogP contribution in [0.1, 0.15) is 20.3 Å². The van der Waals surface area contributed by atoms with Gasteiger partial charge in [-0.2, -0.15) is 12.6 Å². The van der Waals surface area contributed by atoms with E-state index in [1.165, 1.54) is 0 Å². The van der Waals surface area contributed by atoms with Gasteiger partial charge in [0.05, 0.1) is 5.25 Å². The Labute approximate surface area is 91.6 Å². The highest BCUT2D eigenvalue weighted by atomic mass is 32.1. The van der Waals surface area contributed by atoms with Crippen molar-refractivity contribution in [1.82, 2.24) is 10.2 Å². The van der Waals surface area contributed by atoms with Crippen molar-refractivity contribution < 1.29 is 4.79 Å². The first-order valence-corrected chi connectivity index (χ1v) is 5.69. The molecule has 0 aromatic carbocycles. The van der Waals surface area contributed by atoms with Crippen LogP contribution in [0.2, 0.25) is 0 Å². The summed E-state index contributed by atoms with van der Waals surface area (Å²) in [5, 5.41) is 2.85. The highest BCUT2D eigenvalue weighted by molar-refractivity contribution is 7.81. The van der Waals surface area contributed by atoms with Crippen molar-refractivity contribution >= 4 is 18.5 Å². The first-order valence-electron chi connectivity index (χ1n) is 5.17. The van der Waals surface area contributed by atoms with E-state index < -0.39 is 0 Å². The van der Waals surface area contributed by atoms with Crippen LogP contribution >= 0.6 is 12.6 Å². The predicted octanol–water partition coefficient (Wildman–Crippen LogP) is 0.761. The maximum Gasteiger partial charge on any atom is 0.233 e. The van der Waals surface area contributed by atoms with Crippen LogP contribution in [0, 0.1) is 5.92 Å². The first-order chi connectivity index (χ1) is 6.50. The monoisotopic (exact) mass is 216 g/mol. The van der Waals surface area contributed by atoms with Crippen molar-refractivity contribution in [3.63, 3.8) is 0 Å². The fraction of sp³-hybridized carbons (Fsp3) is 0.900. The molecule has 1 saturated heterocycles. The molecule has 0 aromatic rings. The number of carbonyl (C=O) groups is 1. The second-order valence-electron chi connectivity index (χ2n) is 4.45. The number of nitrogens with one attached hydrogen (secondary N) is 1. The first kappa shape index (κ1) is 11.9. The fourth-order valence-corrected chi connectivity index (χ4v) is 1.72. The third-order valence-electron chi connectivity index (χ3n) is 2.64. The number of nitrogens with zero attached hydrogens (tertiary/aromatic N) is 1. The average molecular weight is 216 g/mol. The topological polar surface area (TPSA) is 32.3 Å². The summed E-state index contributed by atoms with van der Waals surface area (Å²) in [5.74, 6) is 0.362. The van der Waals surface area contributed by atoms with Crippen molar-refractivity contribution in [2.45, 2.75) is 31.6 Å². The van der Waals surface area contributed by atoms with E-state index in [0.717, 1.165) is 19.5 Å². The highest BCUT2D eigenvalue weighted by Gasteiger charge is 2.24. The van der Waals surface area contributed by atoms with E-state index in [0.29, 0.717) is 6.04 Å². The molecule has 0 aliphatic carbocycles. The zero-order chi connectivity index (χ0) is 10.7. The van der Waals surface area contributed by atoms with E-state index in [1.54, 1.807) is 0 Å². The van der Waals surface area contributed by atoms with Crippen molar-refractivity contribution in [2.24, 2.45) is 5.92 Å². The Balaban J connectivity index is 2.33. The number of hydrogen-bond donors (Lipinski definition) is 2. The molecule has 1 aliphatic rings. The molecule has 2 unspecified atom stereocenters. The lowest BCUT2D eigenvalue weighted by atomic mass is 10.1. The third-order valence-corrected chi connectivity index (χ3v) is 3.47. The molecular formula is C10H20N2OS. The van der Waals surface area contributed by atoms with E-state index in [-0.39, 0.29) is 17.1 Å². The highest BCUT2D eigenvalue weighted by Crippen LogP contribution is 2.11. The van der Waals surface area contributed by atoms with Crippen LogP contribution in [-0.2, 0) is 4.79 Å². The van der Waals surface area contributed by atoms with Crippen LogP contribution < -0.4 is 5.32 Å². The van der Waals surface area contributed by atoms with Crippen LogP contribution in [-0.4, -0.2) is 42.2 Å². The molecule has 0 aromatic heterocycles. The van der Waals surface area contributed by atoms with Crippen molar-refractivity contribution in [3.8, 4) is 0 Å². The quantitative estimate of drug-likeness (QED) is 0.683. The molecule has 1 fully saturated rings. The lowest BCUT2D eigenvalue weighted by Gasteiger charge is -2.18. The zero-order valence-electron chi connectivity index (χ0n) is 9.16. The normalized spacial score (nSPS) is 25.4. The summed E-state index contributed by atoms with van der Waals surface area (Å²) in [5.41, 5.74) is 0. The third kappa shape index (κ3) is 3.17. The van der Waals surface area contributed by atoms with Gasteiger partial charge in [0.1, 0.15) is 0 Å². The van der Waals surface area contributed by atoms with Crippen molar-refractivity contribution in [2.75, 3.05) is 20.1 Å². The van der Waals surface area contributed by atoms with Crippen molar-refractivity contribution in [3.05, 3.63) is 0 Å². The van der Waals surface area contributed by atoms with Gasteiger partial charge in [-0.3, -0.25) is 4.79 Å². The number of carbonyl (C=O) groups excluding carboxylic acids is 1. The summed E-state index contributed by atoms with van der Waals surface area (Å²) < 4.78 is 0. The van der Waals surface area contributed by atoms with Gasteiger partial charge in [-0.1, -0.05) is 13.8 Å². The molecule has 0 spiro atoms. The minimum atomic E-state index is -0.180. The number of rotatable bonds is 3. The van der Waals surface area contributed by atoms with E-state index in [2.05, 4.69) is 29.9 Å². The van der Waals surface area contributed by atoms with Crippen molar-refractivity contribution in [1.29, 1.82) is 0 Å². The maximum absolute atomic E-state index is 11.6. The lowest BCUT2D eigenvalue weighted by Crippen LogP contribution is -2.42. The average Bonchev–Trinajstić information content (AvgIpc) is 2.49. The molecule has 14 heavy (non-hydrogen) atoms. The van der Waals surface area contributed by atoms with Gasteiger partial charge in [0.15, 0.2) is 0 Å². The molecule has 3 nitrogen and oxygen atoms in total. The summed E-state index contributed by atoms with van der Waals surface area (Å²) in [6.07, 6.45) is 1.06. The molecule has 1 heterocycles. The Morgan fingerprint density at radius 2 is 2.21 bits per heavy atom. The summed E-state index contributed by atoms with van der Waals surface area (Å²) in [6, 6.07) is 0.320. The molecule has 4 heteroatoms. The molecule has 1 amide bonds. The largest absolute Gasteiger partial charge is 0.351 e. The lowest BCUT2D eigenvalue weighted by molar-refractivity contribution is -0.121. The summed E-state index contributed by atoms with van der Waals surface area (Å²) in [7, 11) is 2.08. The Morgan fingerprint density at radius 1 is 1.57 bits per heavy atom. The second kappa shape index (κ2) is 5.03. The van der Waals surface area contributed by atoms with Gasteiger partial charge in [0.2, 0.25) is 5.91 Å². The van der Waals surface area contributed by atoms with Gasteiger partial charge in [-0.05, 0) is 25.9 Å². The Hall–Kier alpha value is -0.220. The van der Waals surface area contributed by atoms with Gasteiger partial charge in [0, 0.05) is 12.6 Å². The van der Waals surface area contributed by atoms with Crippen LogP contribution in [0.15, 0.2) is 0 Å². The number of likely N-dealkylation sites (N-methyl/N-ethyl adjacent to an activating group) is 1. The van der Waals surface area contributed by atoms with Crippen LogP contribution in [0.4, 0.5) is 0 Å². The molecule has 1 N–H and O–H groups in total. The molecule has 1 aliphatic heterocycles. The van der Waals surface area contributed by atoms with E-state index in [9.17, 15) is 4.79 Å². The van der Waals surface area contributed by atoms with E-state index in [1.807, 2.05) is 13.8 Å². The molecule has 0 saturated carbocycles. The Morgan fingerprint density at radius 3 is 2.64 bits per heavy atom. The summed E-state index contributed by atoms with van der Waals surface area (Å²) in [4.78, 5) is 13.9. The standard InChI is InChI=1S/C10H20N2OS/c1-7(2)9(14)10(13)11-8-4-5-12(3)6-8/h7-9,14H,4-6H2,1-3H3,(H,11,13). The molecule has 1 rings (SSSR count).